The fraction of sp³-hybridized carbons (Fsp3) is 0.950. The number of rotatable bonds is 5. The number of amides is 1. The Hall–Kier alpha value is -0.770. The van der Waals surface area contributed by atoms with Crippen LogP contribution in [-0.4, -0.2) is 42.3 Å². The lowest BCUT2D eigenvalue weighted by Crippen LogP contribution is -2.36. The molecule has 0 radical (unpaired) electrons. The van der Waals surface area contributed by atoms with E-state index in [2.05, 4.69) is 5.32 Å². The maximum Gasteiger partial charge on any atom is 0.410 e. The van der Waals surface area contributed by atoms with Crippen LogP contribution >= 0.6 is 0 Å². The van der Waals surface area contributed by atoms with Gasteiger partial charge in [0.25, 0.3) is 0 Å². The third kappa shape index (κ3) is 5.37. The highest BCUT2D eigenvalue weighted by atomic mass is 16.6. The van der Waals surface area contributed by atoms with Crippen LogP contribution in [-0.2, 0) is 4.74 Å². The van der Waals surface area contributed by atoms with E-state index in [4.69, 9.17) is 4.74 Å². The van der Waals surface area contributed by atoms with Crippen LogP contribution in [0.15, 0.2) is 0 Å². The van der Waals surface area contributed by atoms with Gasteiger partial charge in [0.2, 0.25) is 0 Å². The lowest BCUT2D eigenvalue weighted by molar-refractivity contribution is 0.0282. The van der Waals surface area contributed by atoms with Gasteiger partial charge in [0.05, 0.1) is 0 Å². The number of nitrogens with zero attached hydrogens (tertiary/aromatic N) is 1. The first-order valence-electron chi connectivity index (χ1n) is 10.1. The predicted molar refractivity (Wildman–Crippen MR) is 97.0 cm³/mol. The normalized spacial score (nSPS) is 29.0. The lowest BCUT2D eigenvalue weighted by Gasteiger charge is -2.27. The van der Waals surface area contributed by atoms with E-state index in [0.29, 0.717) is 11.8 Å². The van der Waals surface area contributed by atoms with Gasteiger partial charge in [-0.15, -0.1) is 0 Å². The number of hydrogen-bond acceptors (Lipinski definition) is 3. The number of nitrogens with one attached hydrogen (secondary N) is 1. The van der Waals surface area contributed by atoms with Crippen LogP contribution in [0.2, 0.25) is 0 Å². The first-order chi connectivity index (χ1) is 11.4. The van der Waals surface area contributed by atoms with Gasteiger partial charge < -0.3 is 15.0 Å². The smallest absolute Gasteiger partial charge is 0.410 e. The summed E-state index contributed by atoms with van der Waals surface area (Å²) in [5.74, 6) is 2.12. The molecule has 0 spiro atoms. The summed E-state index contributed by atoms with van der Waals surface area (Å²) in [5, 5.41) is 3.69. The molecule has 0 aromatic heterocycles. The van der Waals surface area contributed by atoms with E-state index in [-0.39, 0.29) is 6.09 Å². The highest BCUT2D eigenvalue weighted by Gasteiger charge is 2.38. The Morgan fingerprint density at radius 2 is 1.71 bits per heavy atom. The molecule has 2 atom stereocenters. The summed E-state index contributed by atoms with van der Waals surface area (Å²) in [6.45, 7) is 8.68. The van der Waals surface area contributed by atoms with Crippen molar-refractivity contribution < 1.29 is 9.53 Å². The number of likely N-dealkylation sites (tertiary alicyclic amines) is 1. The molecule has 24 heavy (non-hydrogen) atoms. The molecule has 138 valence electrons. The molecule has 2 saturated carbocycles. The minimum absolute atomic E-state index is 0.120. The van der Waals surface area contributed by atoms with Crippen molar-refractivity contribution in [2.24, 2.45) is 17.8 Å². The standard InChI is InChI=1S/C20H36N2O2/c1-20(2,3)24-19(23)22-13-16(11-15-7-5-4-6-8-15)17(14-22)12-21-18-9-10-18/h15-18,21H,4-14H2,1-3H3/t16-,17+/m1/s1. The average molecular weight is 337 g/mol. The van der Waals surface area contributed by atoms with Gasteiger partial charge in [0.1, 0.15) is 5.60 Å². The average Bonchev–Trinajstić information content (AvgIpc) is 3.25. The largest absolute Gasteiger partial charge is 0.444 e. The molecular formula is C20H36N2O2. The summed E-state index contributed by atoms with van der Waals surface area (Å²) >= 11 is 0. The zero-order valence-electron chi connectivity index (χ0n) is 15.9. The molecule has 3 rings (SSSR count). The summed E-state index contributed by atoms with van der Waals surface area (Å²) in [6, 6.07) is 0.746. The minimum atomic E-state index is -0.402. The van der Waals surface area contributed by atoms with Crippen molar-refractivity contribution in [1.29, 1.82) is 0 Å². The summed E-state index contributed by atoms with van der Waals surface area (Å²) in [7, 11) is 0. The monoisotopic (exact) mass is 336 g/mol. The second-order valence-corrected chi connectivity index (χ2v) is 9.33. The molecule has 1 heterocycles. The fourth-order valence-corrected chi connectivity index (χ4v) is 4.37. The second kappa shape index (κ2) is 7.63. The Bertz CT molecular complexity index is 422. The Kier molecular flexibility index (Phi) is 5.74. The van der Waals surface area contributed by atoms with Crippen molar-refractivity contribution in [3.05, 3.63) is 0 Å². The molecule has 1 N–H and O–H groups in total. The molecule has 0 aromatic rings. The summed E-state index contributed by atoms with van der Waals surface area (Å²) < 4.78 is 5.61. The van der Waals surface area contributed by atoms with Crippen molar-refractivity contribution >= 4 is 6.09 Å². The first kappa shape index (κ1) is 18.0. The quantitative estimate of drug-likeness (QED) is 0.818. The van der Waals surface area contributed by atoms with Crippen LogP contribution in [0, 0.1) is 17.8 Å². The zero-order chi connectivity index (χ0) is 17.2. The van der Waals surface area contributed by atoms with Gasteiger partial charge in [-0.25, -0.2) is 4.79 Å². The van der Waals surface area contributed by atoms with E-state index in [1.54, 1.807) is 0 Å². The van der Waals surface area contributed by atoms with Crippen molar-refractivity contribution in [2.75, 3.05) is 19.6 Å². The molecule has 0 bridgehead atoms. The highest BCUT2D eigenvalue weighted by Crippen LogP contribution is 2.36. The Balaban J connectivity index is 1.56. The van der Waals surface area contributed by atoms with Gasteiger partial charge in [0, 0.05) is 25.7 Å². The maximum atomic E-state index is 12.5. The molecule has 1 amide bonds. The zero-order valence-corrected chi connectivity index (χ0v) is 15.9. The molecule has 4 heteroatoms. The van der Waals surface area contributed by atoms with Gasteiger partial charge >= 0.3 is 6.09 Å². The Labute approximate surface area is 147 Å². The van der Waals surface area contributed by atoms with Crippen molar-refractivity contribution in [2.45, 2.75) is 83.8 Å². The molecule has 1 aliphatic heterocycles. The third-order valence-corrected chi connectivity index (χ3v) is 5.84. The van der Waals surface area contributed by atoms with Gasteiger partial charge in [-0.1, -0.05) is 32.1 Å². The summed E-state index contributed by atoms with van der Waals surface area (Å²) in [4.78, 5) is 14.4. The van der Waals surface area contributed by atoms with Crippen LogP contribution in [0.3, 0.4) is 0 Å². The number of hydrogen-bond donors (Lipinski definition) is 1. The van der Waals surface area contributed by atoms with Crippen LogP contribution in [0.25, 0.3) is 0 Å². The van der Waals surface area contributed by atoms with Gasteiger partial charge in [-0.05, 0) is 57.8 Å². The third-order valence-electron chi connectivity index (χ3n) is 5.84. The highest BCUT2D eigenvalue weighted by molar-refractivity contribution is 5.68. The molecule has 3 fully saturated rings. The Morgan fingerprint density at radius 1 is 1.04 bits per heavy atom. The maximum absolute atomic E-state index is 12.5. The van der Waals surface area contributed by atoms with Crippen LogP contribution in [0.5, 0.6) is 0 Å². The number of ether oxygens (including phenoxy) is 1. The molecular weight excluding hydrogens is 300 g/mol. The number of carbonyl (C=O) groups is 1. The SMILES string of the molecule is CC(C)(C)OC(=O)N1C[C@@H](CC2CCCCC2)[C@@H](CNC2CC2)C1. The van der Waals surface area contributed by atoms with Crippen molar-refractivity contribution in [1.82, 2.24) is 10.2 Å². The molecule has 4 nitrogen and oxygen atoms in total. The van der Waals surface area contributed by atoms with Gasteiger partial charge in [-0.2, -0.15) is 0 Å². The van der Waals surface area contributed by atoms with Crippen molar-refractivity contribution in [3.8, 4) is 0 Å². The van der Waals surface area contributed by atoms with E-state index < -0.39 is 5.60 Å². The van der Waals surface area contributed by atoms with Gasteiger partial charge in [-0.3, -0.25) is 0 Å². The first-order valence-corrected chi connectivity index (χ1v) is 10.1. The van der Waals surface area contributed by atoms with Crippen LogP contribution < -0.4 is 5.32 Å². The van der Waals surface area contributed by atoms with E-state index in [1.807, 2.05) is 25.7 Å². The van der Waals surface area contributed by atoms with Crippen LogP contribution in [0.1, 0.15) is 72.1 Å². The summed E-state index contributed by atoms with van der Waals surface area (Å²) in [6.07, 6.45) is 10.8. The van der Waals surface area contributed by atoms with E-state index >= 15 is 0 Å². The minimum Gasteiger partial charge on any atom is -0.444 e. The molecule has 0 aromatic carbocycles. The van der Waals surface area contributed by atoms with E-state index in [9.17, 15) is 4.79 Å². The lowest BCUT2D eigenvalue weighted by atomic mass is 9.79. The van der Waals surface area contributed by atoms with Crippen molar-refractivity contribution in [3.63, 3.8) is 0 Å². The summed E-state index contributed by atoms with van der Waals surface area (Å²) in [5.41, 5.74) is -0.402. The van der Waals surface area contributed by atoms with Crippen LogP contribution in [0.4, 0.5) is 4.79 Å². The van der Waals surface area contributed by atoms with Gasteiger partial charge in [0.15, 0.2) is 0 Å². The van der Waals surface area contributed by atoms with E-state index in [0.717, 1.165) is 31.6 Å². The molecule has 2 aliphatic carbocycles. The topological polar surface area (TPSA) is 41.6 Å². The predicted octanol–water partition coefficient (Wildman–Crippen LogP) is 4.19. The molecule has 3 aliphatic rings. The Morgan fingerprint density at radius 3 is 2.33 bits per heavy atom. The second-order valence-electron chi connectivity index (χ2n) is 9.33. The number of carbonyl (C=O) groups excluding carboxylic acids is 1. The van der Waals surface area contributed by atoms with E-state index in [1.165, 1.54) is 51.4 Å². The molecule has 0 unspecified atom stereocenters. The molecule has 1 saturated heterocycles. The fourth-order valence-electron chi connectivity index (χ4n) is 4.37.